The first kappa shape index (κ1) is 18.9. The summed E-state index contributed by atoms with van der Waals surface area (Å²) in [6, 6.07) is 0. The molecule has 0 aromatic carbocycles. The molecule has 3 rings (SSSR count). The maximum absolute atomic E-state index is 4.42. The highest BCUT2D eigenvalue weighted by molar-refractivity contribution is 7.58. The largest absolute Gasteiger partial charge is 0.103 e. The molecule has 0 spiro atoms. The zero-order valence-electron chi connectivity index (χ0n) is 17.0. The van der Waals surface area contributed by atoms with Gasteiger partial charge in [-0.05, 0) is 92.0 Å². The van der Waals surface area contributed by atoms with E-state index in [-0.39, 0.29) is 0 Å². The molecule has 1 heteroatoms. The van der Waals surface area contributed by atoms with E-state index in [0.717, 1.165) is 35.2 Å². The van der Waals surface area contributed by atoms with Crippen LogP contribution in [-0.2, 0) is 0 Å². The molecule has 1 saturated heterocycles. The zero-order valence-corrected chi connectivity index (χ0v) is 17.9. The highest BCUT2D eigenvalue weighted by atomic mass is 31.1. The van der Waals surface area contributed by atoms with Crippen LogP contribution >= 0.6 is 7.92 Å². The second-order valence-corrected chi connectivity index (χ2v) is 12.4. The van der Waals surface area contributed by atoms with Crippen molar-refractivity contribution in [3.8, 4) is 0 Å². The van der Waals surface area contributed by atoms with E-state index >= 15 is 0 Å². The van der Waals surface area contributed by atoms with E-state index in [1.807, 2.05) is 0 Å². The molecule has 0 bridgehead atoms. The Morgan fingerprint density at radius 2 is 1.88 bits per heavy atom. The summed E-state index contributed by atoms with van der Waals surface area (Å²) in [6.07, 6.45) is 13.4. The van der Waals surface area contributed by atoms with Gasteiger partial charge >= 0.3 is 0 Å². The van der Waals surface area contributed by atoms with Crippen molar-refractivity contribution in [3.05, 3.63) is 12.2 Å². The molecule has 1 aliphatic heterocycles. The van der Waals surface area contributed by atoms with Crippen LogP contribution in [0.25, 0.3) is 0 Å². The minimum absolute atomic E-state index is 0.309. The maximum atomic E-state index is 4.42. The van der Waals surface area contributed by atoms with E-state index in [4.69, 9.17) is 0 Å². The van der Waals surface area contributed by atoms with Gasteiger partial charge in [0.25, 0.3) is 0 Å². The first-order chi connectivity index (χ1) is 11.4. The minimum Gasteiger partial charge on any atom is -0.103 e. The fraction of sp³-hybridized carbons (Fsp3) is 0.913. The van der Waals surface area contributed by atoms with Crippen LogP contribution in [0.5, 0.6) is 0 Å². The lowest BCUT2D eigenvalue weighted by atomic mass is 9.47. The topological polar surface area (TPSA) is 0 Å². The summed E-state index contributed by atoms with van der Waals surface area (Å²) in [7, 11) is 0.309. The molecule has 3 fully saturated rings. The molecule has 8 atom stereocenters. The highest BCUT2D eigenvalue weighted by Crippen LogP contribution is 2.69. The summed E-state index contributed by atoms with van der Waals surface area (Å²) in [5.41, 5.74) is 3.14. The molecule has 1 heterocycles. The molecule has 8 unspecified atom stereocenters. The lowest BCUT2D eigenvalue weighted by molar-refractivity contribution is -0.0684. The molecule has 0 radical (unpaired) electrons. The van der Waals surface area contributed by atoms with Crippen molar-refractivity contribution in [2.75, 3.05) is 12.3 Å². The van der Waals surface area contributed by atoms with Gasteiger partial charge in [0.15, 0.2) is 0 Å². The summed E-state index contributed by atoms with van der Waals surface area (Å²) in [5, 5.41) is 0. The number of hydrogen-bond donors (Lipinski definition) is 0. The Bertz CT molecular complexity index is 455. The Morgan fingerprint density at radius 3 is 2.50 bits per heavy atom. The molecule has 24 heavy (non-hydrogen) atoms. The molecule has 2 saturated carbocycles. The third-order valence-corrected chi connectivity index (χ3v) is 11.7. The van der Waals surface area contributed by atoms with Crippen molar-refractivity contribution in [1.82, 2.24) is 0 Å². The molecule has 3 aliphatic rings. The third-order valence-electron chi connectivity index (χ3n) is 8.21. The van der Waals surface area contributed by atoms with E-state index in [0.29, 0.717) is 13.3 Å². The second kappa shape index (κ2) is 7.42. The first-order valence-corrected chi connectivity index (χ1v) is 12.6. The average molecular weight is 349 g/mol. The van der Waals surface area contributed by atoms with Crippen molar-refractivity contribution in [3.63, 3.8) is 0 Å². The SMILES string of the molecule is C=C(C)C1CCC(C)C2C3CP(CCC)C(CCC)C3CCC12C. The van der Waals surface area contributed by atoms with Gasteiger partial charge in [-0.1, -0.05) is 52.7 Å². The van der Waals surface area contributed by atoms with Crippen molar-refractivity contribution in [1.29, 1.82) is 0 Å². The maximum Gasteiger partial charge on any atom is -0.0152 e. The predicted molar refractivity (Wildman–Crippen MR) is 110 cm³/mol. The fourth-order valence-electron chi connectivity index (χ4n) is 7.48. The summed E-state index contributed by atoms with van der Waals surface area (Å²) in [5.74, 6) is 4.84. The van der Waals surface area contributed by atoms with Crippen LogP contribution in [-0.4, -0.2) is 18.0 Å². The molecule has 0 nitrogen and oxygen atoms in total. The predicted octanol–water partition coefficient (Wildman–Crippen LogP) is 7.33. The zero-order chi connectivity index (χ0) is 17.5. The molecule has 0 N–H and O–H groups in total. The third kappa shape index (κ3) is 3.04. The highest BCUT2D eigenvalue weighted by Gasteiger charge is 2.58. The fourth-order valence-corrected chi connectivity index (χ4v) is 11.4. The summed E-state index contributed by atoms with van der Waals surface area (Å²) in [6.45, 7) is 16.8. The average Bonchev–Trinajstić information content (AvgIpc) is 2.85. The first-order valence-electron chi connectivity index (χ1n) is 10.8. The van der Waals surface area contributed by atoms with Gasteiger partial charge in [-0.3, -0.25) is 0 Å². The Morgan fingerprint density at radius 1 is 1.12 bits per heavy atom. The molecule has 2 aliphatic carbocycles. The van der Waals surface area contributed by atoms with E-state index in [9.17, 15) is 0 Å². The molecular weight excluding hydrogens is 307 g/mol. The van der Waals surface area contributed by atoms with E-state index in [1.54, 1.807) is 12.3 Å². The minimum atomic E-state index is 0.309. The van der Waals surface area contributed by atoms with Crippen molar-refractivity contribution < 1.29 is 0 Å². The van der Waals surface area contributed by atoms with Gasteiger partial charge in [-0.15, -0.1) is 7.92 Å². The van der Waals surface area contributed by atoms with Crippen molar-refractivity contribution in [2.45, 2.75) is 85.2 Å². The van der Waals surface area contributed by atoms with Gasteiger partial charge in [0.05, 0.1) is 0 Å². The van der Waals surface area contributed by atoms with E-state index in [1.165, 1.54) is 50.5 Å². The molecular formula is C23H41P. The number of allylic oxidation sites excluding steroid dienone is 1. The van der Waals surface area contributed by atoms with Gasteiger partial charge in [-0.25, -0.2) is 0 Å². The normalized spacial score (nSPS) is 48.0. The Labute approximate surface area is 153 Å². The van der Waals surface area contributed by atoms with Crippen LogP contribution in [0.15, 0.2) is 12.2 Å². The van der Waals surface area contributed by atoms with Gasteiger partial charge in [0, 0.05) is 0 Å². The van der Waals surface area contributed by atoms with Crippen molar-refractivity contribution >= 4 is 7.92 Å². The Hall–Kier alpha value is 0.170. The number of fused-ring (bicyclic) bond motifs is 3. The van der Waals surface area contributed by atoms with Gasteiger partial charge in [0.1, 0.15) is 0 Å². The van der Waals surface area contributed by atoms with Crippen LogP contribution in [0.3, 0.4) is 0 Å². The molecule has 0 aromatic rings. The van der Waals surface area contributed by atoms with Crippen LogP contribution in [0, 0.1) is 35.0 Å². The smallest absolute Gasteiger partial charge is 0.0152 e. The molecule has 138 valence electrons. The second-order valence-electron chi connectivity index (χ2n) is 9.70. The van der Waals surface area contributed by atoms with Crippen LogP contribution < -0.4 is 0 Å². The summed E-state index contributed by atoms with van der Waals surface area (Å²) < 4.78 is 0. The molecule has 0 aromatic heterocycles. The van der Waals surface area contributed by atoms with Gasteiger partial charge < -0.3 is 0 Å². The Balaban J connectivity index is 1.90. The quantitative estimate of drug-likeness (QED) is 0.360. The number of rotatable bonds is 5. The van der Waals surface area contributed by atoms with E-state index < -0.39 is 0 Å². The van der Waals surface area contributed by atoms with Crippen LogP contribution in [0.2, 0.25) is 0 Å². The lowest BCUT2D eigenvalue weighted by Crippen LogP contribution is -2.52. The Kier molecular flexibility index (Phi) is 5.86. The summed E-state index contributed by atoms with van der Waals surface area (Å²) in [4.78, 5) is 0. The lowest BCUT2D eigenvalue weighted by Gasteiger charge is -2.58. The van der Waals surface area contributed by atoms with Gasteiger partial charge in [-0.2, -0.15) is 0 Å². The van der Waals surface area contributed by atoms with E-state index in [2.05, 4.69) is 41.2 Å². The van der Waals surface area contributed by atoms with Crippen molar-refractivity contribution in [2.24, 2.45) is 35.0 Å². The van der Waals surface area contributed by atoms with Crippen LogP contribution in [0.4, 0.5) is 0 Å². The monoisotopic (exact) mass is 348 g/mol. The van der Waals surface area contributed by atoms with Crippen LogP contribution in [0.1, 0.15) is 79.6 Å². The number of hydrogen-bond acceptors (Lipinski definition) is 0. The van der Waals surface area contributed by atoms with Gasteiger partial charge in [0.2, 0.25) is 0 Å². The standard InChI is InChI=1S/C23H41P/c1-7-9-21-18-12-13-23(6)20(16(3)4)11-10-17(5)22(23)19(18)15-24(21)14-8-2/h17-22H,3,7-15H2,1-2,4-6H3. The molecule has 0 amide bonds. The summed E-state index contributed by atoms with van der Waals surface area (Å²) >= 11 is 0.